The van der Waals surface area contributed by atoms with Crippen LogP contribution in [-0.2, 0) is 10.0 Å². The first kappa shape index (κ1) is 11.8. The van der Waals surface area contributed by atoms with Crippen LogP contribution in [0.4, 0.5) is 5.95 Å². The van der Waals surface area contributed by atoms with Crippen molar-refractivity contribution >= 4 is 27.6 Å². The molecular formula is C8H8ClN5O2S. The molecule has 0 atom stereocenters. The number of aromatic amines is 1. The first-order valence-electron chi connectivity index (χ1n) is 4.51. The number of aryl methyl sites for hydroxylation is 1. The first-order valence-corrected chi connectivity index (χ1v) is 6.37. The number of sulfonamides is 1. The molecule has 0 saturated heterocycles. The van der Waals surface area contributed by atoms with Gasteiger partial charge in [-0.3, -0.25) is 5.10 Å². The fourth-order valence-electron chi connectivity index (χ4n) is 1.14. The summed E-state index contributed by atoms with van der Waals surface area (Å²) < 4.78 is 25.8. The largest absolute Gasteiger partial charge is 0.281 e. The van der Waals surface area contributed by atoms with Crippen molar-refractivity contribution < 1.29 is 8.42 Å². The van der Waals surface area contributed by atoms with E-state index >= 15 is 0 Å². The van der Waals surface area contributed by atoms with E-state index in [0.717, 1.165) is 0 Å². The molecule has 2 rings (SSSR count). The van der Waals surface area contributed by atoms with Crippen LogP contribution in [0.2, 0.25) is 5.15 Å². The van der Waals surface area contributed by atoms with E-state index in [0.29, 0.717) is 5.69 Å². The summed E-state index contributed by atoms with van der Waals surface area (Å²) in [4.78, 5) is 7.67. The average molecular weight is 274 g/mol. The Morgan fingerprint density at radius 1 is 1.41 bits per heavy atom. The molecule has 0 saturated carbocycles. The fourth-order valence-corrected chi connectivity index (χ4v) is 2.24. The van der Waals surface area contributed by atoms with E-state index in [-0.39, 0.29) is 16.1 Å². The van der Waals surface area contributed by atoms with Gasteiger partial charge in [0.25, 0.3) is 10.0 Å². The third-order valence-corrected chi connectivity index (χ3v) is 3.26. The highest BCUT2D eigenvalue weighted by atomic mass is 35.5. The summed E-state index contributed by atoms with van der Waals surface area (Å²) in [6, 6.07) is 2.84. The third kappa shape index (κ3) is 2.71. The molecule has 0 aliphatic heterocycles. The van der Waals surface area contributed by atoms with Crippen molar-refractivity contribution in [2.24, 2.45) is 0 Å². The summed E-state index contributed by atoms with van der Waals surface area (Å²) >= 11 is 5.70. The molecule has 9 heteroatoms. The SMILES string of the molecule is Cc1cc(Cl)nc(NS(=O)(=O)c2ccn[nH]2)n1. The molecule has 0 aromatic carbocycles. The lowest BCUT2D eigenvalue weighted by Crippen LogP contribution is -2.15. The number of nitrogens with zero attached hydrogens (tertiary/aromatic N) is 3. The van der Waals surface area contributed by atoms with Crippen molar-refractivity contribution in [1.82, 2.24) is 20.2 Å². The number of anilines is 1. The van der Waals surface area contributed by atoms with Crippen LogP contribution >= 0.6 is 11.6 Å². The molecular weight excluding hydrogens is 266 g/mol. The molecule has 2 aromatic heterocycles. The number of hydrogen-bond donors (Lipinski definition) is 2. The highest BCUT2D eigenvalue weighted by Crippen LogP contribution is 2.13. The minimum atomic E-state index is -3.76. The minimum Gasteiger partial charge on any atom is -0.266 e. The Balaban J connectivity index is 2.33. The molecule has 2 heterocycles. The summed E-state index contributed by atoms with van der Waals surface area (Å²) in [6.07, 6.45) is 1.33. The lowest BCUT2D eigenvalue weighted by molar-refractivity contribution is 0.596. The number of hydrogen-bond acceptors (Lipinski definition) is 5. The molecule has 0 spiro atoms. The normalized spacial score (nSPS) is 11.4. The van der Waals surface area contributed by atoms with Gasteiger partial charge in [0, 0.05) is 5.69 Å². The van der Waals surface area contributed by atoms with Gasteiger partial charge in [-0.15, -0.1) is 0 Å². The molecule has 0 radical (unpaired) electrons. The second kappa shape index (κ2) is 4.30. The van der Waals surface area contributed by atoms with Gasteiger partial charge in [-0.05, 0) is 19.1 Å². The molecule has 7 nitrogen and oxygen atoms in total. The Morgan fingerprint density at radius 3 is 2.76 bits per heavy atom. The Hall–Kier alpha value is -1.67. The van der Waals surface area contributed by atoms with Gasteiger partial charge in [0.15, 0.2) is 5.03 Å². The smallest absolute Gasteiger partial charge is 0.266 e. The van der Waals surface area contributed by atoms with Gasteiger partial charge in [0.2, 0.25) is 5.95 Å². The van der Waals surface area contributed by atoms with E-state index in [1.165, 1.54) is 18.3 Å². The maximum absolute atomic E-state index is 11.8. The second-order valence-electron chi connectivity index (χ2n) is 3.18. The van der Waals surface area contributed by atoms with E-state index in [4.69, 9.17) is 11.6 Å². The van der Waals surface area contributed by atoms with E-state index in [2.05, 4.69) is 24.9 Å². The zero-order valence-corrected chi connectivity index (χ0v) is 10.2. The van der Waals surface area contributed by atoms with Crippen LogP contribution in [0.3, 0.4) is 0 Å². The van der Waals surface area contributed by atoms with Crippen molar-refractivity contribution in [3.8, 4) is 0 Å². The standard InChI is InChI=1S/C8H8ClN5O2S/c1-5-4-6(9)12-8(11-5)14-17(15,16)7-2-3-10-13-7/h2-4H,1H3,(H,10,13)(H,11,12,14). The number of rotatable bonds is 3. The zero-order valence-electron chi connectivity index (χ0n) is 8.68. The van der Waals surface area contributed by atoms with Gasteiger partial charge >= 0.3 is 0 Å². The number of halogens is 1. The molecule has 0 aliphatic rings. The van der Waals surface area contributed by atoms with Crippen molar-refractivity contribution in [1.29, 1.82) is 0 Å². The molecule has 17 heavy (non-hydrogen) atoms. The summed E-state index contributed by atoms with van der Waals surface area (Å²) in [6.45, 7) is 1.68. The molecule has 0 aliphatic carbocycles. The predicted molar refractivity (Wildman–Crippen MR) is 61.2 cm³/mol. The third-order valence-electron chi connectivity index (χ3n) is 1.81. The number of nitrogens with one attached hydrogen (secondary N) is 2. The monoisotopic (exact) mass is 273 g/mol. The zero-order chi connectivity index (χ0) is 12.5. The van der Waals surface area contributed by atoms with Crippen LogP contribution in [0.15, 0.2) is 23.4 Å². The van der Waals surface area contributed by atoms with Crippen molar-refractivity contribution in [3.63, 3.8) is 0 Å². The molecule has 0 fully saturated rings. The van der Waals surface area contributed by atoms with Gasteiger partial charge in [-0.1, -0.05) is 11.6 Å². The van der Waals surface area contributed by atoms with Crippen molar-refractivity contribution in [2.45, 2.75) is 11.9 Å². The van der Waals surface area contributed by atoms with E-state index in [9.17, 15) is 8.42 Å². The minimum absolute atomic E-state index is 0.0706. The number of aromatic nitrogens is 4. The summed E-state index contributed by atoms with van der Waals surface area (Å²) in [5.74, 6) is -0.0791. The molecule has 0 bridgehead atoms. The lowest BCUT2D eigenvalue weighted by atomic mass is 10.5. The van der Waals surface area contributed by atoms with Crippen LogP contribution in [0, 0.1) is 6.92 Å². The topological polar surface area (TPSA) is 101 Å². The lowest BCUT2D eigenvalue weighted by Gasteiger charge is -2.05. The van der Waals surface area contributed by atoms with E-state index in [1.807, 2.05) is 0 Å². The highest BCUT2D eigenvalue weighted by molar-refractivity contribution is 7.92. The van der Waals surface area contributed by atoms with Crippen LogP contribution in [0.1, 0.15) is 5.69 Å². The van der Waals surface area contributed by atoms with Crippen LogP contribution in [-0.4, -0.2) is 28.6 Å². The molecule has 0 amide bonds. The van der Waals surface area contributed by atoms with Crippen molar-refractivity contribution in [2.75, 3.05) is 4.72 Å². The fraction of sp³-hybridized carbons (Fsp3) is 0.125. The van der Waals surface area contributed by atoms with Gasteiger partial charge < -0.3 is 0 Å². The van der Waals surface area contributed by atoms with Gasteiger partial charge in [-0.2, -0.15) is 13.5 Å². The molecule has 0 unspecified atom stereocenters. The van der Waals surface area contributed by atoms with Crippen LogP contribution < -0.4 is 4.72 Å². The predicted octanol–water partition coefficient (Wildman–Crippen LogP) is 0.962. The van der Waals surface area contributed by atoms with E-state index < -0.39 is 10.0 Å². The molecule has 90 valence electrons. The van der Waals surface area contributed by atoms with E-state index in [1.54, 1.807) is 6.92 Å². The molecule has 2 N–H and O–H groups in total. The summed E-state index contributed by atoms with van der Waals surface area (Å²) in [7, 11) is -3.76. The molecule has 2 aromatic rings. The Kier molecular flexibility index (Phi) is 2.99. The second-order valence-corrected chi connectivity index (χ2v) is 5.22. The Labute approximate surface area is 102 Å². The van der Waals surface area contributed by atoms with Gasteiger partial charge in [0.1, 0.15) is 5.15 Å². The maximum Gasteiger partial charge on any atom is 0.281 e. The quantitative estimate of drug-likeness (QED) is 0.811. The summed E-state index contributed by atoms with van der Waals surface area (Å²) in [5, 5.41) is 5.99. The summed E-state index contributed by atoms with van der Waals surface area (Å²) in [5.41, 5.74) is 0.562. The Morgan fingerprint density at radius 2 is 2.18 bits per heavy atom. The number of H-pyrrole nitrogens is 1. The van der Waals surface area contributed by atoms with Gasteiger partial charge in [-0.25, -0.2) is 14.7 Å². The van der Waals surface area contributed by atoms with Gasteiger partial charge in [0.05, 0.1) is 6.20 Å². The Bertz CT molecular complexity index is 605. The highest BCUT2D eigenvalue weighted by Gasteiger charge is 2.17. The first-order chi connectivity index (χ1) is 7.97. The maximum atomic E-state index is 11.8. The van der Waals surface area contributed by atoms with Crippen molar-refractivity contribution in [3.05, 3.63) is 29.2 Å². The average Bonchev–Trinajstić information content (AvgIpc) is 2.67. The van der Waals surface area contributed by atoms with Crippen LogP contribution in [0.5, 0.6) is 0 Å². The van der Waals surface area contributed by atoms with Crippen LogP contribution in [0.25, 0.3) is 0 Å².